The molecule has 4 heteroatoms. The number of ether oxygens (including phenoxy) is 1. The molecule has 2 heterocycles. The molecule has 170 valence electrons. The highest BCUT2D eigenvalue weighted by Gasteiger charge is 2.34. The first-order valence-corrected chi connectivity index (χ1v) is 11.4. The number of allylic oxidation sites excluding steroid dienone is 2. The number of nitrogens with two attached hydrogens (primary N) is 1. The standard InChI is InChI=1S/C25H22N2O2.C2H6.C2H4/c1-16-20-12-13-21(28)27-24(20)29-23(18-6-3-2-4-7-18)22(16)17-8-10-19(11-9-17)25(26)14-5-15-25;2*1-2/h2-4,6-13H,1,5,14-15,26H2,(H,27,28);1-2H3;1-2H2. The first-order valence-electron chi connectivity index (χ1n) is 11.4. The van der Waals surface area contributed by atoms with Crippen molar-refractivity contribution in [2.24, 2.45) is 5.73 Å². The summed E-state index contributed by atoms with van der Waals surface area (Å²) in [5, 5.41) is 0. The van der Waals surface area contributed by atoms with Crippen LogP contribution in [0.2, 0.25) is 0 Å². The van der Waals surface area contributed by atoms with Gasteiger partial charge in [-0.15, -0.1) is 13.2 Å². The van der Waals surface area contributed by atoms with Crippen LogP contribution >= 0.6 is 0 Å². The quantitative estimate of drug-likeness (QED) is 0.456. The predicted molar refractivity (Wildman–Crippen MR) is 139 cm³/mol. The summed E-state index contributed by atoms with van der Waals surface area (Å²) < 4.78 is 6.20. The highest BCUT2D eigenvalue weighted by molar-refractivity contribution is 6.15. The number of H-pyrrole nitrogens is 1. The van der Waals surface area contributed by atoms with Crippen molar-refractivity contribution in [2.45, 2.75) is 38.6 Å². The number of nitrogens with one attached hydrogen (secondary N) is 1. The van der Waals surface area contributed by atoms with E-state index in [9.17, 15) is 4.79 Å². The molecule has 1 saturated carbocycles. The molecule has 1 aromatic heterocycles. The molecular formula is C29H32N2O2. The molecule has 33 heavy (non-hydrogen) atoms. The van der Waals surface area contributed by atoms with Gasteiger partial charge in [0.1, 0.15) is 5.76 Å². The Morgan fingerprint density at radius 2 is 1.55 bits per heavy atom. The van der Waals surface area contributed by atoms with Gasteiger partial charge in [-0.1, -0.05) is 75.0 Å². The predicted octanol–water partition coefficient (Wildman–Crippen LogP) is 6.52. The zero-order chi connectivity index (χ0) is 24.0. The van der Waals surface area contributed by atoms with Crippen LogP contribution < -0.4 is 16.0 Å². The second kappa shape index (κ2) is 10.3. The summed E-state index contributed by atoms with van der Waals surface area (Å²) in [6.45, 7) is 14.3. The Labute approximate surface area is 196 Å². The van der Waals surface area contributed by atoms with E-state index in [1.807, 2.05) is 44.2 Å². The lowest BCUT2D eigenvalue weighted by atomic mass is 9.72. The maximum absolute atomic E-state index is 11.8. The molecule has 0 spiro atoms. The van der Waals surface area contributed by atoms with Crippen LogP contribution in [-0.4, -0.2) is 4.98 Å². The number of aromatic amines is 1. The van der Waals surface area contributed by atoms with Crippen molar-refractivity contribution < 1.29 is 4.74 Å². The molecule has 0 unspecified atom stereocenters. The third kappa shape index (κ3) is 4.62. The maximum Gasteiger partial charge on any atom is 0.250 e. The molecule has 5 rings (SSSR count). The number of benzene rings is 2. The topological polar surface area (TPSA) is 68.1 Å². The smallest absolute Gasteiger partial charge is 0.250 e. The first-order chi connectivity index (χ1) is 16.0. The summed E-state index contributed by atoms with van der Waals surface area (Å²) in [4.78, 5) is 14.6. The lowest BCUT2D eigenvalue weighted by molar-refractivity contribution is 0.253. The van der Waals surface area contributed by atoms with E-state index in [4.69, 9.17) is 10.5 Å². The molecule has 1 aliphatic heterocycles. The van der Waals surface area contributed by atoms with Crippen LogP contribution in [0.15, 0.2) is 91.3 Å². The van der Waals surface area contributed by atoms with Crippen molar-refractivity contribution in [1.82, 2.24) is 4.98 Å². The SMILES string of the molecule is C=C.C=C1C(c2ccc(C3(N)CCC3)cc2)=C(c2ccccc2)Oc2[nH]c(=O)ccc21.CC. The van der Waals surface area contributed by atoms with Gasteiger partial charge in [-0.2, -0.15) is 0 Å². The van der Waals surface area contributed by atoms with Gasteiger partial charge >= 0.3 is 0 Å². The Hall–Kier alpha value is -3.63. The van der Waals surface area contributed by atoms with Gasteiger partial charge in [0.05, 0.1) is 0 Å². The van der Waals surface area contributed by atoms with E-state index in [2.05, 4.69) is 49.0 Å². The van der Waals surface area contributed by atoms with Gasteiger partial charge in [-0.3, -0.25) is 9.78 Å². The van der Waals surface area contributed by atoms with Crippen molar-refractivity contribution in [3.05, 3.63) is 119 Å². The summed E-state index contributed by atoms with van der Waals surface area (Å²) in [5.74, 6) is 1.11. The zero-order valence-corrected chi connectivity index (χ0v) is 19.5. The Kier molecular flexibility index (Phi) is 7.52. The Morgan fingerprint density at radius 3 is 2.12 bits per heavy atom. The normalized spacial score (nSPS) is 15.5. The van der Waals surface area contributed by atoms with E-state index in [1.54, 1.807) is 6.07 Å². The summed E-state index contributed by atoms with van der Waals surface area (Å²) >= 11 is 0. The summed E-state index contributed by atoms with van der Waals surface area (Å²) in [6.07, 6.45) is 3.24. The molecule has 4 nitrogen and oxygen atoms in total. The van der Waals surface area contributed by atoms with Crippen molar-refractivity contribution in [3.8, 4) is 5.88 Å². The highest BCUT2D eigenvalue weighted by atomic mass is 16.5. The first kappa shape index (κ1) is 24.0. The van der Waals surface area contributed by atoms with Crippen LogP contribution in [0.25, 0.3) is 16.9 Å². The third-order valence-electron chi connectivity index (χ3n) is 5.97. The van der Waals surface area contributed by atoms with Crippen LogP contribution in [0.1, 0.15) is 55.4 Å². The van der Waals surface area contributed by atoms with Gasteiger partial charge in [0.15, 0.2) is 0 Å². The number of hydrogen-bond acceptors (Lipinski definition) is 3. The van der Waals surface area contributed by atoms with E-state index in [0.29, 0.717) is 11.6 Å². The fourth-order valence-corrected chi connectivity index (χ4v) is 4.11. The van der Waals surface area contributed by atoms with Crippen molar-refractivity contribution in [3.63, 3.8) is 0 Å². The second-order valence-electron chi connectivity index (χ2n) is 7.80. The summed E-state index contributed by atoms with van der Waals surface area (Å²) in [5.41, 5.74) is 11.7. The largest absolute Gasteiger partial charge is 0.439 e. The molecule has 0 radical (unpaired) electrons. The third-order valence-corrected chi connectivity index (χ3v) is 5.97. The van der Waals surface area contributed by atoms with E-state index in [1.165, 1.54) is 18.1 Å². The van der Waals surface area contributed by atoms with Crippen molar-refractivity contribution >= 4 is 16.9 Å². The average molecular weight is 441 g/mol. The minimum absolute atomic E-state index is 0.193. The maximum atomic E-state index is 11.8. The van der Waals surface area contributed by atoms with Gasteiger partial charge < -0.3 is 10.5 Å². The molecule has 0 amide bonds. The van der Waals surface area contributed by atoms with E-state index in [0.717, 1.165) is 40.7 Å². The van der Waals surface area contributed by atoms with E-state index in [-0.39, 0.29) is 11.1 Å². The molecule has 0 bridgehead atoms. The zero-order valence-electron chi connectivity index (χ0n) is 19.5. The van der Waals surface area contributed by atoms with Gasteiger partial charge in [0.2, 0.25) is 5.88 Å². The lowest BCUT2D eigenvalue weighted by Crippen LogP contribution is -2.43. The Balaban J connectivity index is 0.000000728. The minimum Gasteiger partial charge on any atom is -0.439 e. The fourth-order valence-electron chi connectivity index (χ4n) is 4.11. The van der Waals surface area contributed by atoms with Gasteiger partial charge in [-0.05, 0) is 42.0 Å². The fraction of sp³-hybridized carbons (Fsp3) is 0.207. The molecule has 0 atom stereocenters. The minimum atomic E-state index is -0.203. The van der Waals surface area contributed by atoms with Crippen LogP contribution in [0.4, 0.5) is 0 Å². The summed E-state index contributed by atoms with van der Waals surface area (Å²) in [6, 6.07) is 21.5. The van der Waals surface area contributed by atoms with Crippen molar-refractivity contribution in [2.75, 3.05) is 0 Å². The number of fused-ring (bicyclic) bond motifs is 1. The molecule has 1 aliphatic carbocycles. The van der Waals surface area contributed by atoms with E-state index < -0.39 is 0 Å². The van der Waals surface area contributed by atoms with Crippen LogP contribution in [0, 0.1) is 0 Å². The van der Waals surface area contributed by atoms with E-state index >= 15 is 0 Å². The van der Waals surface area contributed by atoms with Gasteiger partial charge in [0.25, 0.3) is 5.56 Å². The molecule has 2 aromatic carbocycles. The number of pyridine rings is 1. The number of aromatic nitrogens is 1. The van der Waals surface area contributed by atoms with Crippen LogP contribution in [0.3, 0.4) is 0 Å². The summed E-state index contributed by atoms with van der Waals surface area (Å²) in [7, 11) is 0. The molecule has 3 aromatic rings. The molecule has 1 fully saturated rings. The number of rotatable bonds is 3. The Morgan fingerprint density at radius 1 is 0.909 bits per heavy atom. The van der Waals surface area contributed by atoms with Crippen LogP contribution in [0.5, 0.6) is 5.88 Å². The molecule has 2 aliphatic rings. The monoisotopic (exact) mass is 440 g/mol. The molecular weight excluding hydrogens is 408 g/mol. The second-order valence-corrected chi connectivity index (χ2v) is 7.80. The number of hydrogen-bond donors (Lipinski definition) is 2. The molecule has 0 saturated heterocycles. The van der Waals surface area contributed by atoms with Gasteiger partial charge in [0, 0.05) is 28.3 Å². The van der Waals surface area contributed by atoms with Crippen LogP contribution in [-0.2, 0) is 5.54 Å². The Bertz CT molecular complexity index is 1200. The molecule has 3 N–H and O–H groups in total. The van der Waals surface area contributed by atoms with Gasteiger partial charge in [-0.25, -0.2) is 0 Å². The highest BCUT2D eigenvalue weighted by Crippen LogP contribution is 2.45. The average Bonchev–Trinajstić information content (AvgIpc) is 2.85. The lowest BCUT2D eigenvalue weighted by Gasteiger charge is -2.38. The van der Waals surface area contributed by atoms with Crippen molar-refractivity contribution in [1.29, 1.82) is 0 Å².